The number of rotatable bonds is 9. The standard InChI is InChI=1S/C20H23FN2O5/c1-14(28-18-7-4-3-6-17(18)21)20(25)23-22-19(24)8-5-13-27-16-11-9-15(26-2)10-12-16/h3-4,6-7,9-12,14H,5,8,13H2,1-2H3,(H,22,24)(H,23,25)/t14-/m1/s1. The van der Waals surface area contributed by atoms with Gasteiger partial charge in [-0.1, -0.05) is 12.1 Å². The molecule has 0 aliphatic heterocycles. The molecule has 0 radical (unpaired) electrons. The highest BCUT2D eigenvalue weighted by molar-refractivity contribution is 5.84. The van der Waals surface area contributed by atoms with Crippen LogP contribution < -0.4 is 25.1 Å². The zero-order valence-electron chi connectivity index (χ0n) is 15.7. The van der Waals surface area contributed by atoms with Gasteiger partial charge < -0.3 is 14.2 Å². The van der Waals surface area contributed by atoms with E-state index in [-0.39, 0.29) is 18.1 Å². The van der Waals surface area contributed by atoms with Gasteiger partial charge in [0.25, 0.3) is 5.91 Å². The molecule has 2 aromatic carbocycles. The molecular weight excluding hydrogens is 367 g/mol. The van der Waals surface area contributed by atoms with Gasteiger partial charge in [0.2, 0.25) is 5.91 Å². The van der Waals surface area contributed by atoms with E-state index >= 15 is 0 Å². The molecule has 150 valence electrons. The maximum absolute atomic E-state index is 13.5. The number of benzene rings is 2. The van der Waals surface area contributed by atoms with Crippen LogP contribution in [0.1, 0.15) is 19.8 Å². The van der Waals surface area contributed by atoms with E-state index in [1.165, 1.54) is 25.1 Å². The Labute approximate surface area is 162 Å². The van der Waals surface area contributed by atoms with Crippen molar-refractivity contribution in [2.24, 2.45) is 0 Å². The smallest absolute Gasteiger partial charge is 0.279 e. The lowest BCUT2D eigenvalue weighted by Gasteiger charge is -2.15. The van der Waals surface area contributed by atoms with Crippen LogP contribution in [0.3, 0.4) is 0 Å². The van der Waals surface area contributed by atoms with Gasteiger partial charge >= 0.3 is 0 Å². The number of carbonyl (C=O) groups excluding carboxylic acids is 2. The zero-order valence-corrected chi connectivity index (χ0v) is 15.7. The van der Waals surface area contributed by atoms with Crippen molar-refractivity contribution < 1.29 is 28.2 Å². The molecule has 28 heavy (non-hydrogen) atoms. The van der Waals surface area contributed by atoms with Crippen molar-refractivity contribution in [3.8, 4) is 17.2 Å². The summed E-state index contributed by atoms with van der Waals surface area (Å²) in [5.74, 6) is -0.157. The second kappa shape index (κ2) is 10.8. The van der Waals surface area contributed by atoms with Crippen LogP contribution in [0.15, 0.2) is 48.5 Å². The average Bonchev–Trinajstić information content (AvgIpc) is 2.71. The number of amides is 2. The SMILES string of the molecule is COc1ccc(OCCCC(=O)NNC(=O)[C@@H](C)Oc2ccccc2F)cc1. The van der Waals surface area contributed by atoms with Crippen molar-refractivity contribution in [1.82, 2.24) is 10.9 Å². The molecule has 0 spiro atoms. The van der Waals surface area contributed by atoms with Crippen molar-refractivity contribution in [1.29, 1.82) is 0 Å². The van der Waals surface area contributed by atoms with Gasteiger partial charge in [0.15, 0.2) is 17.7 Å². The summed E-state index contributed by atoms with van der Waals surface area (Å²) >= 11 is 0. The number of hydrogen-bond donors (Lipinski definition) is 2. The number of nitrogens with one attached hydrogen (secondary N) is 2. The summed E-state index contributed by atoms with van der Waals surface area (Å²) in [4.78, 5) is 23.7. The minimum atomic E-state index is -0.976. The van der Waals surface area contributed by atoms with E-state index in [1.54, 1.807) is 37.4 Å². The minimum absolute atomic E-state index is 0.0350. The van der Waals surface area contributed by atoms with Crippen LogP contribution in [0.25, 0.3) is 0 Å². The van der Waals surface area contributed by atoms with Gasteiger partial charge in [-0.2, -0.15) is 0 Å². The Hall–Kier alpha value is -3.29. The third-order valence-corrected chi connectivity index (χ3v) is 3.71. The quantitative estimate of drug-likeness (QED) is 0.508. The largest absolute Gasteiger partial charge is 0.497 e. The molecule has 0 aromatic heterocycles. The highest BCUT2D eigenvalue weighted by Gasteiger charge is 2.16. The molecule has 0 aliphatic rings. The first kappa shape index (κ1) is 21.0. The van der Waals surface area contributed by atoms with Gasteiger partial charge in [-0.05, 0) is 49.7 Å². The molecule has 8 heteroatoms. The lowest BCUT2D eigenvalue weighted by atomic mass is 10.3. The Kier molecular flexibility index (Phi) is 8.08. The van der Waals surface area contributed by atoms with Crippen molar-refractivity contribution in [2.45, 2.75) is 25.9 Å². The second-order valence-electron chi connectivity index (χ2n) is 5.86. The molecule has 2 amide bonds. The number of hydrazine groups is 1. The molecule has 0 unspecified atom stereocenters. The molecule has 0 aliphatic carbocycles. The predicted octanol–water partition coefficient (Wildman–Crippen LogP) is 2.61. The summed E-state index contributed by atoms with van der Waals surface area (Å²) in [6.07, 6.45) is -0.343. The van der Waals surface area contributed by atoms with Crippen molar-refractivity contribution >= 4 is 11.8 Å². The highest BCUT2D eigenvalue weighted by atomic mass is 19.1. The lowest BCUT2D eigenvalue weighted by Crippen LogP contribution is -2.47. The molecular formula is C20H23FN2O5. The predicted molar refractivity (Wildman–Crippen MR) is 100 cm³/mol. The summed E-state index contributed by atoms with van der Waals surface area (Å²) in [6.45, 7) is 1.80. The summed E-state index contributed by atoms with van der Waals surface area (Å²) in [5.41, 5.74) is 4.55. The molecule has 2 aromatic rings. The van der Waals surface area contributed by atoms with Gasteiger partial charge in [0.1, 0.15) is 11.5 Å². The third kappa shape index (κ3) is 6.79. The Morgan fingerprint density at radius 1 is 1.04 bits per heavy atom. The van der Waals surface area contributed by atoms with Crippen molar-refractivity contribution in [3.05, 3.63) is 54.3 Å². The fourth-order valence-corrected chi connectivity index (χ4v) is 2.17. The van der Waals surface area contributed by atoms with Gasteiger partial charge in [-0.15, -0.1) is 0 Å². The fraction of sp³-hybridized carbons (Fsp3) is 0.300. The third-order valence-electron chi connectivity index (χ3n) is 3.71. The van der Waals surface area contributed by atoms with Crippen molar-refractivity contribution in [2.75, 3.05) is 13.7 Å². The van der Waals surface area contributed by atoms with E-state index in [2.05, 4.69) is 10.9 Å². The van der Waals surface area contributed by atoms with Crippen LogP contribution in [-0.4, -0.2) is 31.6 Å². The van der Waals surface area contributed by atoms with Crippen LogP contribution in [-0.2, 0) is 9.59 Å². The maximum Gasteiger partial charge on any atom is 0.279 e. The molecule has 1 atom stereocenters. The zero-order chi connectivity index (χ0) is 20.4. The minimum Gasteiger partial charge on any atom is -0.497 e. The van der Waals surface area contributed by atoms with Gasteiger partial charge in [-0.3, -0.25) is 20.4 Å². The summed E-state index contributed by atoms with van der Waals surface area (Å²) in [6, 6.07) is 12.9. The monoisotopic (exact) mass is 390 g/mol. The summed E-state index contributed by atoms with van der Waals surface area (Å²) < 4.78 is 29.3. The Morgan fingerprint density at radius 2 is 1.71 bits per heavy atom. The molecule has 0 bridgehead atoms. The molecule has 7 nitrogen and oxygen atoms in total. The van der Waals surface area contributed by atoms with Gasteiger partial charge in [-0.25, -0.2) is 4.39 Å². The number of hydrogen-bond acceptors (Lipinski definition) is 5. The molecule has 0 heterocycles. The number of methoxy groups -OCH3 is 1. The Bertz CT molecular complexity index is 782. The van der Waals surface area contributed by atoms with Gasteiger partial charge in [0.05, 0.1) is 13.7 Å². The fourth-order valence-electron chi connectivity index (χ4n) is 2.17. The number of carbonyl (C=O) groups is 2. The summed E-state index contributed by atoms with van der Waals surface area (Å²) in [5, 5.41) is 0. The molecule has 0 saturated heterocycles. The van der Waals surface area contributed by atoms with Crippen LogP contribution >= 0.6 is 0 Å². The van der Waals surface area contributed by atoms with E-state index in [4.69, 9.17) is 14.2 Å². The van der Waals surface area contributed by atoms with Crippen LogP contribution in [0.4, 0.5) is 4.39 Å². The molecule has 0 saturated carbocycles. The summed E-state index contributed by atoms with van der Waals surface area (Å²) in [7, 11) is 1.58. The molecule has 0 fully saturated rings. The topological polar surface area (TPSA) is 85.9 Å². The first-order chi connectivity index (χ1) is 13.5. The maximum atomic E-state index is 13.5. The normalized spacial score (nSPS) is 11.2. The Morgan fingerprint density at radius 3 is 2.39 bits per heavy atom. The first-order valence-electron chi connectivity index (χ1n) is 8.76. The number of para-hydroxylation sites is 1. The molecule has 2 rings (SSSR count). The highest BCUT2D eigenvalue weighted by Crippen LogP contribution is 2.18. The van der Waals surface area contributed by atoms with Gasteiger partial charge in [0, 0.05) is 6.42 Å². The molecule has 2 N–H and O–H groups in total. The van der Waals surface area contributed by atoms with E-state index < -0.39 is 17.8 Å². The Balaban J connectivity index is 1.63. The van der Waals surface area contributed by atoms with Crippen LogP contribution in [0.2, 0.25) is 0 Å². The van der Waals surface area contributed by atoms with E-state index in [0.29, 0.717) is 18.8 Å². The van der Waals surface area contributed by atoms with E-state index in [1.807, 2.05) is 0 Å². The first-order valence-corrected chi connectivity index (χ1v) is 8.76. The second-order valence-corrected chi connectivity index (χ2v) is 5.86. The van der Waals surface area contributed by atoms with Crippen LogP contribution in [0, 0.1) is 5.82 Å². The average molecular weight is 390 g/mol. The lowest BCUT2D eigenvalue weighted by molar-refractivity contribution is -0.132. The van der Waals surface area contributed by atoms with Crippen LogP contribution in [0.5, 0.6) is 17.2 Å². The van der Waals surface area contributed by atoms with Crippen molar-refractivity contribution in [3.63, 3.8) is 0 Å². The number of halogens is 1. The number of ether oxygens (including phenoxy) is 3. The van der Waals surface area contributed by atoms with E-state index in [9.17, 15) is 14.0 Å². The van der Waals surface area contributed by atoms with E-state index in [0.717, 1.165) is 5.75 Å².